The molecule has 0 aliphatic carbocycles. The van der Waals surface area contributed by atoms with Crippen LogP contribution >= 0.6 is 27.5 Å². The minimum atomic E-state index is 0.287. The molecule has 0 bridgehead atoms. The molecule has 1 aromatic rings. The minimum absolute atomic E-state index is 0.287. The van der Waals surface area contributed by atoms with Gasteiger partial charge in [-0.15, -0.1) is 11.6 Å². The zero-order valence-electron chi connectivity index (χ0n) is 9.93. The lowest BCUT2D eigenvalue weighted by Crippen LogP contribution is -2.23. The number of hydrogen-bond donors (Lipinski definition) is 1. The normalized spacial score (nSPS) is 12.9. The molecule has 1 aromatic heterocycles. The summed E-state index contributed by atoms with van der Waals surface area (Å²) in [5.74, 6) is 2.13. The van der Waals surface area contributed by atoms with Crippen molar-refractivity contribution >= 4 is 33.3 Å². The Kier molecular flexibility index (Phi) is 5.56. The Morgan fingerprint density at radius 2 is 2.19 bits per heavy atom. The van der Waals surface area contributed by atoms with Crippen molar-refractivity contribution in [1.82, 2.24) is 4.98 Å². The molecule has 2 nitrogen and oxygen atoms in total. The van der Waals surface area contributed by atoms with E-state index in [4.69, 9.17) is 11.6 Å². The van der Waals surface area contributed by atoms with Gasteiger partial charge in [0.05, 0.1) is 0 Å². The highest BCUT2D eigenvalue weighted by molar-refractivity contribution is 9.10. The highest BCUT2D eigenvalue weighted by atomic mass is 79.9. The van der Waals surface area contributed by atoms with Gasteiger partial charge in [0.1, 0.15) is 5.82 Å². The van der Waals surface area contributed by atoms with E-state index in [-0.39, 0.29) is 6.04 Å². The monoisotopic (exact) mass is 304 g/mol. The van der Waals surface area contributed by atoms with E-state index in [9.17, 15) is 0 Å². The van der Waals surface area contributed by atoms with Crippen LogP contribution in [-0.2, 0) is 0 Å². The van der Waals surface area contributed by atoms with Gasteiger partial charge in [-0.05, 0) is 46.8 Å². The van der Waals surface area contributed by atoms with Gasteiger partial charge in [0.2, 0.25) is 0 Å². The van der Waals surface area contributed by atoms with E-state index in [1.807, 2.05) is 12.3 Å². The topological polar surface area (TPSA) is 24.9 Å². The third kappa shape index (κ3) is 4.30. The number of hydrogen-bond acceptors (Lipinski definition) is 2. The lowest BCUT2D eigenvalue weighted by atomic mass is 10.1. The molecule has 1 unspecified atom stereocenters. The summed E-state index contributed by atoms with van der Waals surface area (Å²) in [6, 6.07) is 2.32. The van der Waals surface area contributed by atoms with E-state index in [0.29, 0.717) is 11.8 Å². The van der Waals surface area contributed by atoms with Crippen LogP contribution in [0.5, 0.6) is 0 Å². The minimum Gasteiger partial charge on any atom is -0.366 e. The highest BCUT2D eigenvalue weighted by Crippen LogP contribution is 2.19. The lowest BCUT2D eigenvalue weighted by molar-refractivity contribution is 0.541. The molecule has 0 aliphatic heterocycles. The third-order valence-electron chi connectivity index (χ3n) is 2.34. The fourth-order valence-corrected chi connectivity index (χ4v) is 1.98. The van der Waals surface area contributed by atoms with Gasteiger partial charge in [-0.3, -0.25) is 0 Å². The van der Waals surface area contributed by atoms with Crippen LogP contribution in [0, 0.1) is 12.8 Å². The van der Waals surface area contributed by atoms with Crippen molar-refractivity contribution in [1.29, 1.82) is 0 Å². The van der Waals surface area contributed by atoms with Gasteiger partial charge in [0.15, 0.2) is 0 Å². The molecule has 1 atom stereocenters. The standard InChI is InChI=1S/C12H18BrClN2/c1-8(2)4-10(6-14)16-12-5-9(3)11(13)7-15-12/h5,7-8,10H,4,6H2,1-3H3,(H,15,16). The molecule has 0 aliphatic rings. The van der Waals surface area contributed by atoms with Crippen LogP contribution in [0.1, 0.15) is 25.8 Å². The predicted octanol–water partition coefficient (Wildman–Crippen LogP) is 4.22. The SMILES string of the molecule is Cc1cc(NC(CCl)CC(C)C)ncc1Br. The van der Waals surface area contributed by atoms with E-state index < -0.39 is 0 Å². The number of anilines is 1. The Bertz CT molecular complexity index is 342. The number of alkyl halides is 1. The summed E-state index contributed by atoms with van der Waals surface area (Å²) in [4.78, 5) is 4.32. The van der Waals surface area contributed by atoms with Crippen molar-refractivity contribution in [3.05, 3.63) is 22.3 Å². The Labute approximate surface area is 111 Å². The molecule has 0 aromatic carbocycles. The molecule has 0 fully saturated rings. The molecule has 16 heavy (non-hydrogen) atoms. The zero-order chi connectivity index (χ0) is 12.1. The number of halogens is 2. The number of nitrogens with zero attached hydrogens (tertiary/aromatic N) is 1. The zero-order valence-corrected chi connectivity index (χ0v) is 12.3. The molecular formula is C12H18BrClN2. The van der Waals surface area contributed by atoms with Crippen LogP contribution in [0.25, 0.3) is 0 Å². The van der Waals surface area contributed by atoms with Crippen LogP contribution in [0.2, 0.25) is 0 Å². The predicted molar refractivity (Wildman–Crippen MR) is 74.3 cm³/mol. The highest BCUT2D eigenvalue weighted by Gasteiger charge is 2.10. The van der Waals surface area contributed by atoms with Crippen LogP contribution in [0.4, 0.5) is 5.82 Å². The first-order chi connectivity index (χ1) is 7.52. The van der Waals surface area contributed by atoms with E-state index in [0.717, 1.165) is 16.7 Å². The molecule has 90 valence electrons. The molecule has 0 saturated heterocycles. The van der Waals surface area contributed by atoms with Crippen molar-refractivity contribution < 1.29 is 0 Å². The number of nitrogens with one attached hydrogen (secondary N) is 1. The molecule has 0 saturated carbocycles. The maximum Gasteiger partial charge on any atom is 0.126 e. The molecule has 0 amide bonds. The van der Waals surface area contributed by atoms with E-state index in [1.54, 1.807) is 0 Å². The van der Waals surface area contributed by atoms with Gasteiger partial charge in [-0.1, -0.05) is 13.8 Å². The molecule has 0 radical (unpaired) electrons. The Balaban J connectivity index is 2.66. The Morgan fingerprint density at radius 1 is 1.50 bits per heavy atom. The third-order valence-corrected chi connectivity index (χ3v) is 3.54. The Hall–Kier alpha value is -0.280. The van der Waals surface area contributed by atoms with Crippen LogP contribution in [-0.4, -0.2) is 16.9 Å². The van der Waals surface area contributed by atoms with E-state index >= 15 is 0 Å². The summed E-state index contributed by atoms with van der Waals surface area (Å²) in [5.41, 5.74) is 1.18. The first kappa shape index (κ1) is 13.8. The maximum atomic E-state index is 5.93. The van der Waals surface area contributed by atoms with Gasteiger partial charge < -0.3 is 5.32 Å². The second-order valence-corrected chi connectivity index (χ2v) is 5.61. The van der Waals surface area contributed by atoms with Gasteiger partial charge >= 0.3 is 0 Å². The fraction of sp³-hybridized carbons (Fsp3) is 0.583. The van der Waals surface area contributed by atoms with Crippen LogP contribution in [0.3, 0.4) is 0 Å². The summed E-state index contributed by atoms with van der Waals surface area (Å²) in [6.45, 7) is 6.44. The molecular weight excluding hydrogens is 288 g/mol. The summed E-state index contributed by atoms with van der Waals surface area (Å²) in [7, 11) is 0. The van der Waals surface area contributed by atoms with Gasteiger partial charge in [0.25, 0.3) is 0 Å². The number of aryl methyl sites for hydroxylation is 1. The summed E-state index contributed by atoms with van der Waals surface area (Å²) >= 11 is 9.37. The Morgan fingerprint density at radius 3 is 2.69 bits per heavy atom. The van der Waals surface area contributed by atoms with Crippen molar-refractivity contribution in [2.75, 3.05) is 11.2 Å². The number of pyridine rings is 1. The van der Waals surface area contributed by atoms with E-state index in [1.165, 1.54) is 5.56 Å². The maximum absolute atomic E-state index is 5.93. The fourth-order valence-electron chi connectivity index (χ4n) is 1.56. The average Bonchev–Trinajstić information content (AvgIpc) is 2.22. The number of rotatable bonds is 5. The number of aromatic nitrogens is 1. The molecule has 0 spiro atoms. The largest absolute Gasteiger partial charge is 0.366 e. The van der Waals surface area contributed by atoms with Gasteiger partial charge in [-0.2, -0.15) is 0 Å². The van der Waals surface area contributed by atoms with Crippen LogP contribution < -0.4 is 5.32 Å². The first-order valence-corrected chi connectivity index (χ1v) is 6.80. The summed E-state index contributed by atoms with van der Waals surface area (Å²) in [6.07, 6.45) is 2.87. The van der Waals surface area contributed by atoms with Crippen molar-refractivity contribution in [3.8, 4) is 0 Å². The van der Waals surface area contributed by atoms with Crippen molar-refractivity contribution in [3.63, 3.8) is 0 Å². The second kappa shape index (κ2) is 6.45. The molecule has 4 heteroatoms. The lowest BCUT2D eigenvalue weighted by Gasteiger charge is -2.18. The van der Waals surface area contributed by atoms with Crippen molar-refractivity contribution in [2.24, 2.45) is 5.92 Å². The molecule has 1 heterocycles. The second-order valence-electron chi connectivity index (χ2n) is 4.44. The summed E-state index contributed by atoms with van der Waals surface area (Å²) in [5, 5.41) is 3.36. The first-order valence-electron chi connectivity index (χ1n) is 5.47. The average molecular weight is 306 g/mol. The smallest absolute Gasteiger partial charge is 0.126 e. The molecule has 1 rings (SSSR count). The van der Waals surface area contributed by atoms with Gasteiger partial charge in [-0.25, -0.2) is 4.98 Å². The van der Waals surface area contributed by atoms with Gasteiger partial charge in [0, 0.05) is 22.6 Å². The summed E-state index contributed by atoms with van der Waals surface area (Å²) < 4.78 is 1.03. The quantitative estimate of drug-likeness (QED) is 0.824. The van der Waals surface area contributed by atoms with E-state index in [2.05, 4.69) is 47.0 Å². The molecule has 1 N–H and O–H groups in total. The van der Waals surface area contributed by atoms with Crippen molar-refractivity contribution in [2.45, 2.75) is 33.2 Å². The van der Waals surface area contributed by atoms with Crippen LogP contribution in [0.15, 0.2) is 16.7 Å².